The Kier molecular flexibility index (Phi) is 4.42. The van der Waals surface area contributed by atoms with Crippen molar-refractivity contribution in [3.05, 3.63) is 16.6 Å². The molecule has 2 amide bonds. The van der Waals surface area contributed by atoms with Gasteiger partial charge in [-0.15, -0.1) is 11.3 Å². The van der Waals surface area contributed by atoms with Crippen LogP contribution in [0.3, 0.4) is 0 Å². The molecule has 1 fully saturated rings. The van der Waals surface area contributed by atoms with Gasteiger partial charge in [0.1, 0.15) is 16.6 Å². The maximum Gasteiger partial charge on any atom is 0.246 e. The SMILES string of the molecule is CCC1NC(=O)C(CC)(CC)N(Cc2nccs2)C1=O. The molecule has 0 saturated carbocycles. The molecule has 0 spiro atoms. The summed E-state index contributed by atoms with van der Waals surface area (Å²) in [7, 11) is 0. The van der Waals surface area contributed by atoms with E-state index in [0.29, 0.717) is 25.8 Å². The van der Waals surface area contributed by atoms with Gasteiger partial charge in [-0.1, -0.05) is 20.8 Å². The highest BCUT2D eigenvalue weighted by molar-refractivity contribution is 7.09. The third kappa shape index (κ3) is 2.32. The zero-order valence-corrected chi connectivity index (χ0v) is 13.0. The van der Waals surface area contributed by atoms with Crippen LogP contribution in [0.4, 0.5) is 0 Å². The van der Waals surface area contributed by atoms with Crippen LogP contribution in [0.1, 0.15) is 45.0 Å². The van der Waals surface area contributed by atoms with Crippen molar-refractivity contribution in [3.63, 3.8) is 0 Å². The molecule has 1 N–H and O–H groups in total. The number of nitrogens with one attached hydrogen (secondary N) is 1. The number of amides is 2. The first-order chi connectivity index (χ1) is 9.58. The largest absolute Gasteiger partial charge is 0.342 e. The quantitative estimate of drug-likeness (QED) is 0.903. The topological polar surface area (TPSA) is 62.3 Å². The number of hydrogen-bond acceptors (Lipinski definition) is 4. The number of hydrogen-bond donors (Lipinski definition) is 1. The van der Waals surface area contributed by atoms with Crippen LogP contribution in [-0.2, 0) is 16.1 Å². The molecule has 2 rings (SSSR count). The number of aromatic nitrogens is 1. The molecular formula is C14H21N3O2S. The van der Waals surface area contributed by atoms with E-state index >= 15 is 0 Å². The molecular weight excluding hydrogens is 274 g/mol. The Balaban J connectivity index is 2.37. The molecule has 2 heterocycles. The minimum absolute atomic E-state index is 0.00556. The van der Waals surface area contributed by atoms with Crippen LogP contribution in [0, 0.1) is 0 Å². The Bertz CT molecular complexity index is 483. The molecule has 1 aliphatic rings. The van der Waals surface area contributed by atoms with E-state index < -0.39 is 11.6 Å². The molecule has 1 aromatic heterocycles. The first kappa shape index (κ1) is 15.0. The van der Waals surface area contributed by atoms with Crippen LogP contribution < -0.4 is 5.32 Å². The van der Waals surface area contributed by atoms with Gasteiger partial charge in [-0.05, 0) is 19.3 Å². The van der Waals surface area contributed by atoms with Crippen molar-refractivity contribution >= 4 is 23.2 Å². The summed E-state index contributed by atoms with van der Waals surface area (Å²) in [5.74, 6) is -0.0310. The zero-order chi connectivity index (χ0) is 14.8. The number of thiazole rings is 1. The summed E-state index contributed by atoms with van der Waals surface area (Å²) >= 11 is 1.51. The summed E-state index contributed by atoms with van der Waals surface area (Å²) in [6.07, 6.45) is 3.57. The van der Waals surface area contributed by atoms with Crippen LogP contribution in [0.15, 0.2) is 11.6 Å². The molecule has 0 radical (unpaired) electrons. The summed E-state index contributed by atoms with van der Waals surface area (Å²) in [4.78, 5) is 31.1. The third-order valence-electron chi connectivity index (χ3n) is 4.16. The van der Waals surface area contributed by atoms with Crippen molar-refractivity contribution in [1.82, 2.24) is 15.2 Å². The second kappa shape index (κ2) is 5.91. The van der Waals surface area contributed by atoms with Crippen molar-refractivity contribution in [2.45, 2.75) is 58.2 Å². The molecule has 1 unspecified atom stereocenters. The maximum atomic E-state index is 12.6. The molecule has 110 valence electrons. The maximum absolute atomic E-state index is 12.6. The van der Waals surface area contributed by atoms with Gasteiger partial charge in [-0.25, -0.2) is 4.98 Å². The van der Waals surface area contributed by atoms with Crippen LogP contribution >= 0.6 is 11.3 Å². The van der Waals surface area contributed by atoms with Gasteiger partial charge in [0, 0.05) is 11.6 Å². The number of carbonyl (C=O) groups excluding carboxylic acids is 2. The Hall–Kier alpha value is -1.43. The lowest BCUT2D eigenvalue weighted by Gasteiger charge is -2.47. The van der Waals surface area contributed by atoms with E-state index in [1.165, 1.54) is 11.3 Å². The summed E-state index contributed by atoms with van der Waals surface area (Å²) in [5.41, 5.74) is -0.742. The summed E-state index contributed by atoms with van der Waals surface area (Å²) in [6.45, 7) is 6.24. The van der Waals surface area contributed by atoms with Crippen molar-refractivity contribution in [2.75, 3.05) is 0 Å². The van der Waals surface area contributed by atoms with E-state index in [-0.39, 0.29) is 11.8 Å². The molecule has 1 aliphatic heterocycles. The highest BCUT2D eigenvalue weighted by Crippen LogP contribution is 2.31. The van der Waals surface area contributed by atoms with Gasteiger partial charge in [-0.3, -0.25) is 9.59 Å². The molecule has 20 heavy (non-hydrogen) atoms. The van der Waals surface area contributed by atoms with Crippen molar-refractivity contribution in [3.8, 4) is 0 Å². The lowest BCUT2D eigenvalue weighted by Crippen LogP contribution is -2.69. The van der Waals surface area contributed by atoms with Gasteiger partial charge in [0.2, 0.25) is 11.8 Å². The average molecular weight is 295 g/mol. The highest BCUT2D eigenvalue weighted by Gasteiger charge is 2.49. The first-order valence-electron chi connectivity index (χ1n) is 7.09. The Morgan fingerprint density at radius 2 is 2.05 bits per heavy atom. The molecule has 1 atom stereocenters. The fourth-order valence-electron chi connectivity index (χ4n) is 2.80. The fraction of sp³-hybridized carbons (Fsp3) is 0.643. The van der Waals surface area contributed by atoms with Gasteiger partial charge < -0.3 is 10.2 Å². The fourth-order valence-corrected chi connectivity index (χ4v) is 3.41. The molecule has 1 aromatic rings. The van der Waals surface area contributed by atoms with E-state index in [4.69, 9.17) is 0 Å². The van der Waals surface area contributed by atoms with Crippen LogP contribution in [0.5, 0.6) is 0 Å². The van der Waals surface area contributed by atoms with E-state index in [2.05, 4.69) is 10.3 Å². The molecule has 6 heteroatoms. The van der Waals surface area contributed by atoms with E-state index in [1.807, 2.05) is 26.2 Å². The standard InChI is InChI=1S/C14H21N3O2S/c1-4-10-12(18)17(9-11-15-7-8-20-11)14(5-2,6-3)13(19)16-10/h7-8,10H,4-6,9H2,1-3H3,(H,16,19). The Morgan fingerprint density at radius 3 is 2.55 bits per heavy atom. The van der Waals surface area contributed by atoms with Crippen LogP contribution in [0.2, 0.25) is 0 Å². The minimum atomic E-state index is -0.742. The normalized spacial score (nSPS) is 21.9. The molecule has 0 aromatic carbocycles. The lowest BCUT2D eigenvalue weighted by molar-refractivity contribution is -0.159. The molecule has 1 saturated heterocycles. The summed E-state index contributed by atoms with van der Waals surface area (Å²) in [5, 5.41) is 5.63. The molecule has 5 nitrogen and oxygen atoms in total. The van der Waals surface area contributed by atoms with Gasteiger partial charge in [0.15, 0.2) is 0 Å². The van der Waals surface area contributed by atoms with Crippen molar-refractivity contribution in [1.29, 1.82) is 0 Å². The van der Waals surface area contributed by atoms with Crippen molar-refractivity contribution in [2.24, 2.45) is 0 Å². The van der Waals surface area contributed by atoms with Gasteiger partial charge in [0.25, 0.3) is 0 Å². The van der Waals surface area contributed by atoms with Gasteiger partial charge in [-0.2, -0.15) is 0 Å². The predicted molar refractivity (Wildman–Crippen MR) is 78.2 cm³/mol. The van der Waals surface area contributed by atoms with Gasteiger partial charge >= 0.3 is 0 Å². The second-order valence-corrected chi connectivity index (χ2v) is 6.00. The van der Waals surface area contributed by atoms with Crippen LogP contribution in [-0.4, -0.2) is 33.3 Å². The smallest absolute Gasteiger partial charge is 0.246 e. The Morgan fingerprint density at radius 1 is 1.35 bits per heavy atom. The summed E-state index contributed by atoms with van der Waals surface area (Å²) < 4.78 is 0. The number of carbonyl (C=O) groups is 2. The minimum Gasteiger partial charge on any atom is -0.342 e. The second-order valence-electron chi connectivity index (χ2n) is 5.02. The lowest BCUT2D eigenvalue weighted by atomic mass is 9.85. The predicted octanol–water partition coefficient (Wildman–Crippen LogP) is 1.94. The molecule has 0 aliphatic carbocycles. The average Bonchev–Trinajstić information content (AvgIpc) is 2.96. The van der Waals surface area contributed by atoms with E-state index in [1.54, 1.807) is 11.1 Å². The van der Waals surface area contributed by atoms with E-state index in [0.717, 1.165) is 5.01 Å². The monoisotopic (exact) mass is 295 g/mol. The number of rotatable bonds is 5. The Labute approximate surface area is 123 Å². The molecule has 0 bridgehead atoms. The number of piperazine rings is 1. The van der Waals surface area contributed by atoms with E-state index in [9.17, 15) is 9.59 Å². The third-order valence-corrected chi connectivity index (χ3v) is 4.93. The van der Waals surface area contributed by atoms with Crippen molar-refractivity contribution < 1.29 is 9.59 Å². The highest BCUT2D eigenvalue weighted by atomic mass is 32.1. The van der Waals surface area contributed by atoms with Crippen LogP contribution in [0.25, 0.3) is 0 Å². The van der Waals surface area contributed by atoms with Gasteiger partial charge in [0.05, 0.1) is 6.54 Å². The number of nitrogens with zero attached hydrogens (tertiary/aromatic N) is 2. The zero-order valence-electron chi connectivity index (χ0n) is 12.2. The first-order valence-corrected chi connectivity index (χ1v) is 7.97. The summed E-state index contributed by atoms with van der Waals surface area (Å²) in [6, 6.07) is -0.409.